The molecular weight excluding hydrogens is 256 g/mol. The molecule has 4 saturated carbocycles. The van der Waals surface area contributed by atoms with Crippen molar-refractivity contribution in [2.45, 2.75) is 84.5 Å². The molecule has 4 aliphatic carbocycles. The van der Waals surface area contributed by atoms with Crippen LogP contribution in [0.15, 0.2) is 0 Å². The molecule has 1 heteroatoms. The van der Waals surface area contributed by atoms with Crippen molar-refractivity contribution in [3.8, 4) is 0 Å². The summed E-state index contributed by atoms with van der Waals surface area (Å²) in [4.78, 5) is 12.0. The van der Waals surface area contributed by atoms with Crippen molar-refractivity contribution in [3.05, 3.63) is 0 Å². The number of hydrogen-bond acceptors (Lipinski definition) is 1. The summed E-state index contributed by atoms with van der Waals surface area (Å²) >= 11 is 0. The minimum atomic E-state index is 0.542. The molecule has 0 saturated heterocycles. The Bertz CT molecular complexity index is 441. The van der Waals surface area contributed by atoms with E-state index in [9.17, 15) is 4.79 Å². The molecule has 0 aromatic heterocycles. The average molecular weight is 288 g/mol. The maximum absolute atomic E-state index is 12.0. The van der Waals surface area contributed by atoms with E-state index < -0.39 is 0 Å². The maximum Gasteiger partial charge on any atom is 0.133 e. The number of hydrogen-bond donors (Lipinski definition) is 0. The third-order valence-corrected chi connectivity index (χ3v) is 8.62. The van der Waals surface area contributed by atoms with Gasteiger partial charge in [0, 0.05) is 12.8 Å². The molecule has 0 radical (unpaired) electrons. The van der Waals surface area contributed by atoms with Gasteiger partial charge in [-0.2, -0.15) is 0 Å². The van der Waals surface area contributed by atoms with Gasteiger partial charge in [-0.25, -0.2) is 0 Å². The van der Waals surface area contributed by atoms with E-state index in [-0.39, 0.29) is 0 Å². The lowest BCUT2D eigenvalue weighted by Gasteiger charge is -2.60. The fourth-order valence-electron chi connectivity index (χ4n) is 7.55. The van der Waals surface area contributed by atoms with Crippen molar-refractivity contribution in [3.63, 3.8) is 0 Å². The van der Waals surface area contributed by atoms with Gasteiger partial charge in [0.15, 0.2) is 0 Å². The zero-order valence-electron chi connectivity index (χ0n) is 14.0. The fraction of sp³-hybridized carbons (Fsp3) is 0.950. The van der Waals surface area contributed by atoms with Gasteiger partial charge < -0.3 is 0 Å². The van der Waals surface area contributed by atoms with Gasteiger partial charge in [0.25, 0.3) is 0 Å². The lowest BCUT2D eigenvalue weighted by molar-refractivity contribution is -0.141. The van der Waals surface area contributed by atoms with Crippen LogP contribution in [0.4, 0.5) is 0 Å². The van der Waals surface area contributed by atoms with Crippen LogP contribution in [0.3, 0.4) is 0 Å². The van der Waals surface area contributed by atoms with Crippen LogP contribution in [-0.2, 0) is 4.79 Å². The quantitative estimate of drug-likeness (QED) is 0.633. The molecule has 21 heavy (non-hydrogen) atoms. The monoisotopic (exact) mass is 288 g/mol. The van der Waals surface area contributed by atoms with Crippen LogP contribution >= 0.6 is 0 Å². The van der Waals surface area contributed by atoms with Crippen molar-refractivity contribution in [2.24, 2.45) is 34.5 Å². The Kier molecular flexibility index (Phi) is 3.28. The summed E-state index contributed by atoms with van der Waals surface area (Å²) in [6.45, 7) is 5.02. The van der Waals surface area contributed by atoms with Crippen LogP contribution in [0, 0.1) is 34.5 Å². The van der Waals surface area contributed by atoms with E-state index in [1.807, 2.05) is 0 Å². The highest BCUT2D eigenvalue weighted by Crippen LogP contribution is 2.66. The summed E-state index contributed by atoms with van der Waals surface area (Å²) in [6, 6.07) is 0. The molecule has 0 spiro atoms. The number of carbonyl (C=O) groups is 1. The van der Waals surface area contributed by atoms with Crippen LogP contribution in [0.2, 0.25) is 0 Å². The van der Waals surface area contributed by atoms with E-state index in [0.717, 1.165) is 36.5 Å². The van der Waals surface area contributed by atoms with Crippen LogP contribution in [0.5, 0.6) is 0 Å². The molecule has 4 fully saturated rings. The van der Waals surface area contributed by atoms with Gasteiger partial charge in [0.05, 0.1) is 0 Å². The summed E-state index contributed by atoms with van der Waals surface area (Å²) < 4.78 is 0. The smallest absolute Gasteiger partial charge is 0.133 e. The van der Waals surface area contributed by atoms with E-state index in [2.05, 4.69) is 13.8 Å². The Morgan fingerprint density at radius 3 is 2.71 bits per heavy atom. The molecule has 0 aromatic carbocycles. The van der Waals surface area contributed by atoms with Crippen molar-refractivity contribution in [1.82, 2.24) is 0 Å². The standard InChI is InChI=1S/C20H32O/c1-3-20-12-8-15(21)13-14(20)6-7-16-17-5-4-10-19(17,2)11-9-18(16)20/h14,16-18H,3-13H2,1-2H3/t14-,16+,17+,18+,19+,20+/m1/s1. The second-order valence-corrected chi connectivity index (χ2v) is 9.07. The van der Waals surface area contributed by atoms with Crippen LogP contribution in [0.1, 0.15) is 84.5 Å². The summed E-state index contributed by atoms with van der Waals surface area (Å²) in [6.07, 6.45) is 14.5. The van der Waals surface area contributed by atoms with E-state index in [0.29, 0.717) is 16.6 Å². The van der Waals surface area contributed by atoms with Crippen LogP contribution in [0.25, 0.3) is 0 Å². The first-order valence-electron chi connectivity index (χ1n) is 9.61. The lowest BCUT2D eigenvalue weighted by atomic mass is 9.44. The van der Waals surface area contributed by atoms with Gasteiger partial charge in [0.2, 0.25) is 0 Å². The van der Waals surface area contributed by atoms with Crippen LogP contribution in [-0.4, -0.2) is 5.78 Å². The Balaban J connectivity index is 1.66. The Morgan fingerprint density at radius 1 is 1.05 bits per heavy atom. The van der Waals surface area contributed by atoms with Gasteiger partial charge in [-0.1, -0.05) is 20.3 Å². The van der Waals surface area contributed by atoms with Gasteiger partial charge >= 0.3 is 0 Å². The third-order valence-electron chi connectivity index (χ3n) is 8.62. The summed E-state index contributed by atoms with van der Waals surface area (Å²) in [7, 11) is 0. The second kappa shape index (κ2) is 4.83. The predicted molar refractivity (Wildman–Crippen MR) is 86.0 cm³/mol. The van der Waals surface area contributed by atoms with E-state index in [1.54, 1.807) is 0 Å². The molecule has 0 aliphatic heterocycles. The fourth-order valence-corrected chi connectivity index (χ4v) is 7.55. The molecule has 0 aromatic rings. The van der Waals surface area contributed by atoms with E-state index >= 15 is 0 Å². The molecule has 1 nitrogen and oxygen atoms in total. The number of carbonyl (C=O) groups excluding carboxylic acids is 1. The number of Topliss-reactive ketones (excluding diaryl/α,β-unsaturated/α-hetero) is 1. The molecule has 4 aliphatic rings. The first-order chi connectivity index (χ1) is 10.1. The number of rotatable bonds is 1. The zero-order chi connectivity index (χ0) is 14.7. The van der Waals surface area contributed by atoms with Gasteiger partial charge in [-0.3, -0.25) is 4.79 Å². The lowest BCUT2D eigenvalue weighted by Crippen LogP contribution is -2.53. The molecule has 4 rings (SSSR count). The molecule has 118 valence electrons. The highest BCUT2D eigenvalue weighted by molar-refractivity contribution is 5.79. The van der Waals surface area contributed by atoms with Crippen LogP contribution < -0.4 is 0 Å². The summed E-state index contributed by atoms with van der Waals surface area (Å²) in [5, 5.41) is 0. The van der Waals surface area contributed by atoms with Gasteiger partial charge in [0.1, 0.15) is 5.78 Å². The largest absolute Gasteiger partial charge is 0.300 e. The minimum Gasteiger partial charge on any atom is -0.300 e. The van der Waals surface area contributed by atoms with Crippen molar-refractivity contribution < 1.29 is 4.79 Å². The first-order valence-corrected chi connectivity index (χ1v) is 9.61. The minimum absolute atomic E-state index is 0.542. The highest BCUT2D eigenvalue weighted by atomic mass is 16.1. The topological polar surface area (TPSA) is 17.1 Å². The molecule has 0 heterocycles. The van der Waals surface area contributed by atoms with Crippen molar-refractivity contribution in [1.29, 1.82) is 0 Å². The van der Waals surface area contributed by atoms with Gasteiger partial charge in [-0.05, 0) is 85.9 Å². The van der Waals surface area contributed by atoms with E-state index in [4.69, 9.17) is 0 Å². The summed E-state index contributed by atoms with van der Waals surface area (Å²) in [5.74, 6) is 4.25. The van der Waals surface area contributed by atoms with Crippen molar-refractivity contribution >= 4 is 5.78 Å². The highest BCUT2D eigenvalue weighted by Gasteiger charge is 2.58. The number of ketones is 1. The Hall–Kier alpha value is -0.330. The predicted octanol–water partition coefficient (Wildman–Crippen LogP) is 5.38. The molecule has 0 bridgehead atoms. The molecule has 0 N–H and O–H groups in total. The zero-order valence-corrected chi connectivity index (χ0v) is 14.0. The second-order valence-electron chi connectivity index (χ2n) is 9.07. The normalized spacial score (nSPS) is 53.0. The van der Waals surface area contributed by atoms with Gasteiger partial charge in [-0.15, -0.1) is 0 Å². The van der Waals surface area contributed by atoms with E-state index in [1.165, 1.54) is 57.8 Å². The Labute approximate surface area is 130 Å². The van der Waals surface area contributed by atoms with Crippen molar-refractivity contribution in [2.75, 3.05) is 0 Å². The summed E-state index contributed by atoms with van der Waals surface area (Å²) in [5.41, 5.74) is 1.22. The SMILES string of the molecule is CC[C@]12CCC(=O)C[C@H]1CC[C@H]1[C@@H]3CCC[C@@]3(C)CC[C@@H]12. The Morgan fingerprint density at radius 2 is 1.90 bits per heavy atom. The average Bonchev–Trinajstić information content (AvgIpc) is 2.88. The number of fused-ring (bicyclic) bond motifs is 5. The third kappa shape index (κ3) is 1.91. The first kappa shape index (κ1) is 14.3. The molecule has 0 amide bonds. The molecular formula is C20H32O. The molecule has 6 atom stereocenters. The maximum atomic E-state index is 12.0. The molecule has 0 unspecified atom stereocenters.